The number of thiophene rings is 1. The maximum absolute atomic E-state index is 10.7. The van der Waals surface area contributed by atoms with Crippen LogP contribution in [0.5, 0.6) is 0 Å². The number of carbonyl (C=O) groups is 1. The highest BCUT2D eigenvalue weighted by atomic mass is 32.1. The second-order valence-electron chi connectivity index (χ2n) is 5.10. The van der Waals surface area contributed by atoms with Crippen LogP contribution in [0.25, 0.3) is 10.1 Å². The molecule has 1 aromatic heterocycles. The van der Waals surface area contributed by atoms with Crippen molar-refractivity contribution < 1.29 is 9.90 Å². The fourth-order valence-corrected chi connectivity index (χ4v) is 3.40. The van der Waals surface area contributed by atoms with Crippen LogP contribution in [0.4, 0.5) is 0 Å². The van der Waals surface area contributed by atoms with Crippen molar-refractivity contribution in [3.63, 3.8) is 0 Å². The summed E-state index contributed by atoms with van der Waals surface area (Å²) in [6.07, 6.45) is 2.65. The molecule has 100 valence electrons. The maximum Gasteiger partial charge on any atom is 0.304 e. The zero-order valence-corrected chi connectivity index (χ0v) is 11.5. The summed E-state index contributed by atoms with van der Waals surface area (Å²) in [7, 11) is 0. The zero-order valence-electron chi connectivity index (χ0n) is 10.7. The number of hydrogen-bond donors (Lipinski definition) is 1. The van der Waals surface area contributed by atoms with Crippen molar-refractivity contribution in [1.29, 1.82) is 0 Å². The van der Waals surface area contributed by atoms with Crippen molar-refractivity contribution in [2.75, 3.05) is 6.54 Å². The molecule has 2 aromatic rings. The van der Waals surface area contributed by atoms with Crippen LogP contribution in [0, 0.1) is 0 Å². The molecule has 0 radical (unpaired) electrons. The van der Waals surface area contributed by atoms with Crippen molar-refractivity contribution >= 4 is 27.4 Å². The number of nitrogens with zero attached hydrogens (tertiary/aromatic N) is 1. The predicted octanol–water partition coefficient (Wildman–Crippen LogP) is 3.34. The van der Waals surface area contributed by atoms with E-state index in [1.807, 2.05) is 0 Å². The van der Waals surface area contributed by atoms with Gasteiger partial charge in [-0.1, -0.05) is 18.2 Å². The van der Waals surface area contributed by atoms with E-state index in [0.29, 0.717) is 12.6 Å². The van der Waals surface area contributed by atoms with E-state index in [4.69, 9.17) is 5.11 Å². The summed E-state index contributed by atoms with van der Waals surface area (Å²) in [6, 6.07) is 9.02. The molecule has 1 fully saturated rings. The third-order valence-corrected chi connectivity index (χ3v) is 4.62. The molecule has 0 atom stereocenters. The average Bonchev–Trinajstić information content (AvgIpc) is 3.17. The van der Waals surface area contributed by atoms with Gasteiger partial charge in [0.25, 0.3) is 0 Å². The molecule has 4 heteroatoms. The molecule has 3 nitrogen and oxygen atoms in total. The van der Waals surface area contributed by atoms with E-state index < -0.39 is 5.97 Å². The Kier molecular flexibility index (Phi) is 3.53. The Morgan fingerprint density at radius 3 is 2.89 bits per heavy atom. The van der Waals surface area contributed by atoms with Gasteiger partial charge in [-0.05, 0) is 35.2 Å². The predicted molar refractivity (Wildman–Crippen MR) is 77.5 cm³/mol. The van der Waals surface area contributed by atoms with Gasteiger partial charge in [-0.3, -0.25) is 9.69 Å². The first kappa shape index (κ1) is 12.6. The monoisotopic (exact) mass is 275 g/mol. The van der Waals surface area contributed by atoms with E-state index in [0.717, 1.165) is 6.54 Å². The van der Waals surface area contributed by atoms with Crippen LogP contribution in [0.3, 0.4) is 0 Å². The van der Waals surface area contributed by atoms with Crippen LogP contribution in [0.2, 0.25) is 0 Å². The third kappa shape index (κ3) is 2.96. The highest BCUT2D eigenvalue weighted by Crippen LogP contribution is 2.32. The number of carboxylic acids is 1. The van der Waals surface area contributed by atoms with Gasteiger partial charge < -0.3 is 5.11 Å². The fourth-order valence-electron chi connectivity index (χ4n) is 2.44. The SMILES string of the molecule is O=C(O)CCN(Cc1csc2ccccc12)C1CC1. The molecule has 0 aliphatic heterocycles. The van der Waals surface area contributed by atoms with Crippen LogP contribution in [-0.2, 0) is 11.3 Å². The molecule has 1 aliphatic carbocycles. The first-order valence-electron chi connectivity index (χ1n) is 6.65. The smallest absolute Gasteiger partial charge is 0.304 e. The van der Waals surface area contributed by atoms with Gasteiger partial charge in [0.05, 0.1) is 6.42 Å². The molecule has 1 N–H and O–H groups in total. The summed E-state index contributed by atoms with van der Waals surface area (Å²) in [4.78, 5) is 13.1. The van der Waals surface area contributed by atoms with Gasteiger partial charge >= 0.3 is 5.97 Å². The van der Waals surface area contributed by atoms with Crippen LogP contribution in [0.15, 0.2) is 29.6 Å². The van der Waals surface area contributed by atoms with Crippen molar-refractivity contribution in [3.05, 3.63) is 35.2 Å². The summed E-state index contributed by atoms with van der Waals surface area (Å²) in [5.41, 5.74) is 1.33. The highest BCUT2D eigenvalue weighted by molar-refractivity contribution is 7.17. The quantitative estimate of drug-likeness (QED) is 0.879. The largest absolute Gasteiger partial charge is 0.481 e. The van der Waals surface area contributed by atoms with Crippen LogP contribution < -0.4 is 0 Å². The van der Waals surface area contributed by atoms with Crippen LogP contribution in [-0.4, -0.2) is 28.6 Å². The summed E-state index contributed by atoms with van der Waals surface area (Å²) in [5.74, 6) is -0.708. The Morgan fingerprint density at radius 1 is 1.37 bits per heavy atom. The number of rotatable bonds is 6. The molecule has 0 unspecified atom stereocenters. The fraction of sp³-hybridized carbons (Fsp3) is 0.400. The number of aliphatic carboxylic acids is 1. The molecule has 0 bridgehead atoms. The Balaban J connectivity index is 1.75. The second kappa shape index (κ2) is 5.31. The summed E-state index contributed by atoms with van der Waals surface area (Å²) < 4.78 is 1.31. The minimum absolute atomic E-state index is 0.235. The number of benzene rings is 1. The van der Waals surface area contributed by atoms with E-state index in [1.165, 1.54) is 28.5 Å². The van der Waals surface area contributed by atoms with Crippen molar-refractivity contribution in [2.45, 2.75) is 31.8 Å². The molecule has 1 saturated carbocycles. The van der Waals surface area contributed by atoms with Gasteiger partial charge in [-0.25, -0.2) is 0 Å². The third-order valence-electron chi connectivity index (χ3n) is 3.61. The van der Waals surface area contributed by atoms with Crippen LogP contribution in [0.1, 0.15) is 24.8 Å². The molecule has 19 heavy (non-hydrogen) atoms. The minimum Gasteiger partial charge on any atom is -0.481 e. The first-order valence-corrected chi connectivity index (χ1v) is 7.53. The molecule has 0 amide bonds. The van der Waals surface area contributed by atoms with Gasteiger partial charge in [0.2, 0.25) is 0 Å². The van der Waals surface area contributed by atoms with Gasteiger partial charge in [0, 0.05) is 23.8 Å². The van der Waals surface area contributed by atoms with Crippen molar-refractivity contribution in [3.8, 4) is 0 Å². The van der Waals surface area contributed by atoms with E-state index >= 15 is 0 Å². The molecular weight excluding hydrogens is 258 g/mol. The number of fused-ring (bicyclic) bond motifs is 1. The van der Waals surface area contributed by atoms with Gasteiger partial charge in [-0.15, -0.1) is 11.3 Å². The van der Waals surface area contributed by atoms with E-state index in [1.54, 1.807) is 11.3 Å². The van der Waals surface area contributed by atoms with Gasteiger partial charge in [-0.2, -0.15) is 0 Å². The first-order chi connectivity index (χ1) is 9.24. The maximum atomic E-state index is 10.7. The Hall–Kier alpha value is -1.39. The number of carboxylic acid groups (broad SMARTS) is 1. The molecule has 1 aliphatic rings. The highest BCUT2D eigenvalue weighted by Gasteiger charge is 2.29. The Bertz CT molecular complexity index is 589. The normalized spacial score (nSPS) is 15.2. The number of hydrogen-bond acceptors (Lipinski definition) is 3. The lowest BCUT2D eigenvalue weighted by Crippen LogP contribution is -2.28. The summed E-state index contributed by atoms with van der Waals surface area (Å²) in [5, 5.41) is 12.4. The van der Waals surface area contributed by atoms with Crippen LogP contribution >= 0.6 is 11.3 Å². The lowest BCUT2D eigenvalue weighted by Gasteiger charge is -2.20. The minimum atomic E-state index is -0.708. The molecule has 1 aromatic carbocycles. The van der Waals surface area contributed by atoms with E-state index in [9.17, 15) is 4.79 Å². The second-order valence-corrected chi connectivity index (χ2v) is 6.01. The Morgan fingerprint density at radius 2 is 2.16 bits per heavy atom. The lowest BCUT2D eigenvalue weighted by molar-refractivity contribution is -0.137. The molecule has 0 spiro atoms. The Labute approximate surface area is 116 Å². The van der Waals surface area contributed by atoms with E-state index in [-0.39, 0.29) is 6.42 Å². The summed E-state index contributed by atoms with van der Waals surface area (Å²) in [6.45, 7) is 1.53. The molecule has 1 heterocycles. The van der Waals surface area contributed by atoms with Crippen molar-refractivity contribution in [1.82, 2.24) is 4.90 Å². The average molecular weight is 275 g/mol. The zero-order chi connectivity index (χ0) is 13.2. The van der Waals surface area contributed by atoms with Crippen molar-refractivity contribution in [2.24, 2.45) is 0 Å². The molecule has 3 rings (SSSR count). The van der Waals surface area contributed by atoms with Gasteiger partial charge in [0.15, 0.2) is 0 Å². The van der Waals surface area contributed by atoms with Gasteiger partial charge in [0.1, 0.15) is 0 Å². The summed E-state index contributed by atoms with van der Waals surface area (Å²) >= 11 is 1.77. The lowest BCUT2D eigenvalue weighted by atomic mass is 10.1. The molecule has 0 saturated heterocycles. The standard InChI is InChI=1S/C15H17NO2S/c17-15(18)7-8-16(12-5-6-12)9-11-10-19-14-4-2-1-3-13(11)14/h1-4,10,12H,5-9H2,(H,17,18). The van der Waals surface area contributed by atoms with E-state index in [2.05, 4.69) is 34.5 Å². The topological polar surface area (TPSA) is 40.5 Å². The molecular formula is C15H17NO2S.